The minimum Gasteiger partial charge on any atom is -0.490 e. The Bertz CT molecular complexity index is 426. The lowest BCUT2D eigenvalue weighted by Crippen LogP contribution is -2.16. The summed E-state index contributed by atoms with van der Waals surface area (Å²) in [4.78, 5) is 11.2. The predicted molar refractivity (Wildman–Crippen MR) is 62.3 cm³/mol. The van der Waals surface area contributed by atoms with Gasteiger partial charge < -0.3 is 14.2 Å². The number of ether oxygens (including phenoxy) is 3. The summed E-state index contributed by atoms with van der Waals surface area (Å²) in [5.74, 6) is 1.22. The molecule has 1 heterocycles. The van der Waals surface area contributed by atoms with E-state index in [1.165, 1.54) is 0 Å². The number of esters is 1. The molecule has 0 N–H and O–H groups in total. The Labute approximate surface area is 100 Å². The number of rotatable bonds is 4. The molecule has 0 radical (unpaired) electrons. The van der Waals surface area contributed by atoms with Crippen LogP contribution in [0.5, 0.6) is 11.5 Å². The molecule has 1 aromatic rings. The van der Waals surface area contributed by atoms with Crippen LogP contribution in [-0.4, -0.2) is 19.2 Å². The van der Waals surface area contributed by atoms with Crippen molar-refractivity contribution in [2.24, 2.45) is 0 Å². The summed E-state index contributed by atoms with van der Waals surface area (Å²) < 4.78 is 16.0. The van der Waals surface area contributed by atoms with E-state index >= 15 is 0 Å². The fourth-order valence-corrected chi connectivity index (χ4v) is 1.84. The zero-order chi connectivity index (χ0) is 12.3. The minimum atomic E-state index is -0.191. The third-order valence-corrected chi connectivity index (χ3v) is 2.59. The molecule has 1 aliphatic rings. The summed E-state index contributed by atoms with van der Waals surface area (Å²) in [5, 5.41) is 0. The minimum absolute atomic E-state index is 0.191. The summed E-state index contributed by atoms with van der Waals surface area (Å²) in [6, 6.07) is 3.78. The first kappa shape index (κ1) is 11.8. The van der Waals surface area contributed by atoms with Crippen LogP contribution >= 0.6 is 0 Å². The standard InChI is InChI=1S/C13H16O4/c1-3-15-11-5-9-7-13(14)17-8-10(9)6-12(11)16-4-2/h5-6H,3-4,7-8H2,1-2H3. The normalized spacial score (nSPS) is 13.9. The van der Waals surface area contributed by atoms with Gasteiger partial charge in [-0.05, 0) is 37.1 Å². The molecule has 17 heavy (non-hydrogen) atoms. The first-order valence-electron chi connectivity index (χ1n) is 5.81. The van der Waals surface area contributed by atoms with E-state index in [0.717, 1.165) is 11.1 Å². The lowest BCUT2D eigenvalue weighted by Gasteiger charge is -2.19. The quantitative estimate of drug-likeness (QED) is 0.751. The largest absolute Gasteiger partial charge is 0.490 e. The summed E-state index contributed by atoms with van der Waals surface area (Å²) >= 11 is 0. The van der Waals surface area contributed by atoms with E-state index in [2.05, 4.69) is 0 Å². The summed E-state index contributed by atoms with van der Waals surface area (Å²) in [5.41, 5.74) is 1.96. The smallest absolute Gasteiger partial charge is 0.310 e. The predicted octanol–water partition coefficient (Wildman–Crippen LogP) is 2.08. The first-order chi connectivity index (χ1) is 8.24. The van der Waals surface area contributed by atoms with Crippen molar-refractivity contribution < 1.29 is 19.0 Å². The third kappa shape index (κ3) is 2.52. The fourth-order valence-electron chi connectivity index (χ4n) is 1.84. The van der Waals surface area contributed by atoms with Gasteiger partial charge in [-0.1, -0.05) is 0 Å². The molecule has 0 aromatic heterocycles. The molecule has 92 valence electrons. The summed E-state index contributed by atoms with van der Waals surface area (Å²) in [6.45, 7) is 5.32. The van der Waals surface area contributed by atoms with Gasteiger partial charge in [-0.25, -0.2) is 0 Å². The molecule has 0 unspecified atom stereocenters. The molecule has 0 saturated heterocycles. The van der Waals surface area contributed by atoms with Crippen molar-refractivity contribution in [3.63, 3.8) is 0 Å². The van der Waals surface area contributed by atoms with Crippen LogP contribution < -0.4 is 9.47 Å². The maximum atomic E-state index is 11.2. The molecule has 2 rings (SSSR count). The molecule has 0 fully saturated rings. The molecule has 0 atom stereocenters. The number of hydrogen-bond donors (Lipinski definition) is 0. The van der Waals surface area contributed by atoms with E-state index in [1.54, 1.807) is 0 Å². The molecule has 0 spiro atoms. The molecule has 4 nitrogen and oxygen atoms in total. The van der Waals surface area contributed by atoms with Crippen LogP contribution in [0.25, 0.3) is 0 Å². The van der Waals surface area contributed by atoms with Crippen molar-refractivity contribution in [3.05, 3.63) is 23.3 Å². The van der Waals surface area contributed by atoms with Gasteiger partial charge in [0.2, 0.25) is 0 Å². The van der Waals surface area contributed by atoms with Crippen molar-refractivity contribution in [3.8, 4) is 11.5 Å². The van der Waals surface area contributed by atoms with Gasteiger partial charge >= 0.3 is 5.97 Å². The van der Waals surface area contributed by atoms with Crippen molar-refractivity contribution in [2.75, 3.05) is 13.2 Å². The highest BCUT2D eigenvalue weighted by atomic mass is 16.5. The Morgan fingerprint density at radius 3 is 2.29 bits per heavy atom. The highest BCUT2D eigenvalue weighted by Gasteiger charge is 2.20. The van der Waals surface area contributed by atoms with Gasteiger partial charge in [0.05, 0.1) is 19.6 Å². The van der Waals surface area contributed by atoms with E-state index in [9.17, 15) is 4.79 Å². The fraction of sp³-hybridized carbons (Fsp3) is 0.462. The van der Waals surface area contributed by atoms with E-state index in [4.69, 9.17) is 14.2 Å². The Morgan fingerprint density at radius 1 is 1.12 bits per heavy atom. The van der Waals surface area contributed by atoms with Gasteiger partial charge in [-0.15, -0.1) is 0 Å². The summed E-state index contributed by atoms with van der Waals surface area (Å²) in [6.07, 6.45) is 0.307. The average Bonchev–Trinajstić information content (AvgIpc) is 2.31. The highest BCUT2D eigenvalue weighted by molar-refractivity contribution is 5.75. The van der Waals surface area contributed by atoms with Crippen molar-refractivity contribution in [2.45, 2.75) is 26.9 Å². The van der Waals surface area contributed by atoms with Crippen LogP contribution in [0.1, 0.15) is 25.0 Å². The third-order valence-electron chi connectivity index (χ3n) is 2.59. The number of hydrogen-bond acceptors (Lipinski definition) is 4. The molecule has 0 amide bonds. The highest BCUT2D eigenvalue weighted by Crippen LogP contribution is 2.33. The Kier molecular flexibility index (Phi) is 3.52. The summed E-state index contributed by atoms with van der Waals surface area (Å²) in [7, 11) is 0. The van der Waals surface area contributed by atoms with E-state index in [1.807, 2.05) is 26.0 Å². The Hall–Kier alpha value is -1.71. The van der Waals surface area contributed by atoms with Crippen LogP contribution in [-0.2, 0) is 22.6 Å². The van der Waals surface area contributed by atoms with Crippen LogP contribution in [0.15, 0.2) is 12.1 Å². The zero-order valence-electron chi connectivity index (χ0n) is 10.1. The van der Waals surface area contributed by atoms with Crippen LogP contribution in [0.3, 0.4) is 0 Å². The lowest BCUT2D eigenvalue weighted by atomic mass is 10.0. The molecular formula is C13H16O4. The number of fused-ring (bicyclic) bond motifs is 1. The first-order valence-corrected chi connectivity index (χ1v) is 5.81. The molecule has 0 saturated carbocycles. The second-order valence-corrected chi connectivity index (χ2v) is 3.77. The molecule has 4 heteroatoms. The van der Waals surface area contributed by atoms with Gasteiger partial charge in [0.25, 0.3) is 0 Å². The van der Waals surface area contributed by atoms with E-state index in [-0.39, 0.29) is 5.97 Å². The number of benzene rings is 1. The maximum absolute atomic E-state index is 11.2. The van der Waals surface area contributed by atoms with Crippen molar-refractivity contribution in [1.82, 2.24) is 0 Å². The van der Waals surface area contributed by atoms with Gasteiger partial charge in [0.1, 0.15) is 6.61 Å². The van der Waals surface area contributed by atoms with Crippen LogP contribution in [0, 0.1) is 0 Å². The second-order valence-electron chi connectivity index (χ2n) is 3.77. The molecule has 1 aromatic carbocycles. The van der Waals surface area contributed by atoms with Crippen LogP contribution in [0.2, 0.25) is 0 Å². The van der Waals surface area contributed by atoms with Gasteiger partial charge in [-0.2, -0.15) is 0 Å². The van der Waals surface area contributed by atoms with Crippen molar-refractivity contribution in [1.29, 1.82) is 0 Å². The molecule has 0 bridgehead atoms. The monoisotopic (exact) mass is 236 g/mol. The van der Waals surface area contributed by atoms with Crippen molar-refractivity contribution >= 4 is 5.97 Å². The molecule has 1 aliphatic heterocycles. The lowest BCUT2D eigenvalue weighted by molar-refractivity contribution is -0.145. The van der Waals surface area contributed by atoms with E-state index in [0.29, 0.717) is 37.7 Å². The Balaban J connectivity index is 2.36. The maximum Gasteiger partial charge on any atom is 0.310 e. The molecule has 0 aliphatic carbocycles. The SMILES string of the molecule is CCOc1cc2c(cc1OCC)CC(=O)OC2. The van der Waals surface area contributed by atoms with Gasteiger partial charge in [-0.3, -0.25) is 4.79 Å². The zero-order valence-corrected chi connectivity index (χ0v) is 10.1. The Morgan fingerprint density at radius 2 is 1.71 bits per heavy atom. The second kappa shape index (κ2) is 5.08. The molecular weight excluding hydrogens is 220 g/mol. The van der Waals surface area contributed by atoms with Gasteiger partial charge in [0.15, 0.2) is 11.5 Å². The average molecular weight is 236 g/mol. The van der Waals surface area contributed by atoms with Crippen LogP contribution in [0.4, 0.5) is 0 Å². The number of carbonyl (C=O) groups excluding carboxylic acids is 1. The van der Waals surface area contributed by atoms with Gasteiger partial charge in [0, 0.05) is 0 Å². The van der Waals surface area contributed by atoms with E-state index < -0.39 is 0 Å². The number of cyclic esters (lactones) is 1. The topological polar surface area (TPSA) is 44.8 Å². The number of carbonyl (C=O) groups is 1.